The molecule has 0 fully saturated rings. The summed E-state index contributed by atoms with van der Waals surface area (Å²) in [6, 6.07) is 3.35. The second-order valence-electron chi connectivity index (χ2n) is 3.45. The van der Waals surface area contributed by atoms with Gasteiger partial charge in [-0.05, 0) is 6.07 Å². The topological polar surface area (TPSA) is 65.7 Å². The Hall–Kier alpha value is -2.37. The molecule has 0 saturated carbocycles. The third-order valence-electron chi connectivity index (χ3n) is 2.38. The van der Waals surface area contributed by atoms with E-state index in [1.165, 1.54) is 13.2 Å². The van der Waals surface area contributed by atoms with Crippen LogP contribution in [0.2, 0.25) is 0 Å². The zero-order chi connectivity index (χ0) is 13.3. The molecule has 18 heavy (non-hydrogen) atoms. The average Bonchev–Trinajstić information content (AvgIpc) is 2.38. The number of methoxy groups -OCH3 is 2. The number of rotatable bonds is 2. The van der Waals surface area contributed by atoms with E-state index < -0.39 is 17.2 Å². The second kappa shape index (κ2) is 4.48. The summed E-state index contributed by atoms with van der Waals surface area (Å²) < 4.78 is 28.0. The van der Waals surface area contributed by atoms with E-state index in [9.17, 15) is 14.0 Å². The number of carbonyl (C=O) groups is 1. The van der Waals surface area contributed by atoms with Crippen LogP contribution < -0.4 is 10.2 Å². The highest BCUT2D eigenvalue weighted by Gasteiger charge is 2.16. The number of hydrogen-bond acceptors (Lipinski definition) is 5. The van der Waals surface area contributed by atoms with Crippen molar-refractivity contribution in [2.24, 2.45) is 0 Å². The third kappa shape index (κ3) is 1.92. The van der Waals surface area contributed by atoms with Gasteiger partial charge in [0.05, 0.1) is 19.6 Å². The summed E-state index contributed by atoms with van der Waals surface area (Å²) in [5.41, 5.74) is -0.849. The Morgan fingerprint density at radius 2 is 2.00 bits per heavy atom. The number of esters is 1. The Morgan fingerprint density at radius 3 is 2.61 bits per heavy atom. The van der Waals surface area contributed by atoms with Gasteiger partial charge in [-0.25, -0.2) is 9.18 Å². The lowest BCUT2D eigenvalue weighted by Gasteiger charge is -2.04. The number of ether oxygens (including phenoxy) is 2. The fourth-order valence-electron chi connectivity index (χ4n) is 1.51. The Balaban J connectivity index is 2.78. The third-order valence-corrected chi connectivity index (χ3v) is 2.38. The largest absolute Gasteiger partial charge is 0.497 e. The molecule has 0 unspecified atom stereocenters. The van der Waals surface area contributed by atoms with Crippen LogP contribution in [-0.2, 0) is 4.74 Å². The number of benzene rings is 1. The van der Waals surface area contributed by atoms with Crippen molar-refractivity contribution in [3.63, 3.8) is 0 Å². The summed E-state index contributed by atoms with van der Waals surface area (Å²) in [6.07, 6.45) is 0. The van der Waals surface area contributed by atoms with Crippen LogP contribution in [0, 0.1) is 5.82 Å². The highest BCUT2D eigenvalue weighted by Crippen LogP contribution is 2.23. The predicted molar refractivity (Wildman–Crippen MR) is 60.3 cm³/mol. The van der Waals surface area contributed by atoms with E-state index in [2.05, 4.69) is 4.74 Å². The normalized spacial score (nSPS) is 10.4. The molecule has 0 aliphatic rings. The Bertz CT molecular complexity index is 674. The van der Waals surface area contributed by atoms with Gasteiger partial charge in [0.25, 0.3) is 0 Å². The molecule has 0 saturated heterocycles. The maximum atomic E-state index is 13.7. The van der Waals surface area contributed by atoms with Gasteiger partial charge >= 0.3 is 5.97 Å². The molecule has 0 aliphatic heterocycles. The van der Waals surface area contributed by atoms with Crippen molar-refractivity contribution in [2.45, 2.75) is 0 Å². The van der Waals surface area contributed by atoms with E-state index in [1.807, 2.05) is 0 Å². The van der Waals surface area contributed by atoms with Gasteiger partial charge in [0.2, 0.25) is 5.76 Å². The first-order valence-electron chi connectivity index (χ1n) is 4.96. The quantitative estimate of drug-likeness (QED) is 0.761. The lowest BCUT2D eigenvalue weighted by atomic mass is 10.2. The van der Waals surface area contributed by atoms with Crippen LogP contribution in [-0.4, -0.2) is 20.2 Å². The molecule has 1 aromatic heterocycles. The molecule has 2 rings (SSSR count). The minimum atomic E-state index is -0.843. The summed E-state index contributed by atoms with van der Waals surface area (Å²) in [7, 11) is 2.49. The van der Waals surface area contributed by atoms with Crippen LogP contribution >= 0.6 is 0 Å². The van der Waals surface area contributed by atoms with Crippen LogP contribution in [0.5, 0.6) is 5.75 Å². The summed E-state index contributed by atoms with van der Waals surface area (Å²) in [5.74, 6) is -1.78. The fraction of sp³-hybridized carbons (Fsp3) is 0.167. The molecule has 0 bridgehead atoms. The van der Waals surface area contributed by atoms with Crippen LogP contribution in [0.1, 0.15) is 10.6 Å². The van der Waals surface area contributed by atoms with Crippen molar-refractivity contribution >= 4 is 16.9 Å². The van der Waals surface area contributed by atoms with Gasteiger partial charge in [-0.2, -0.15) is 0 Å². The summed E-state index contributed by atoms with van der Waals surface area (Å²) in [5, 5.41) is -0.000460. The molecular weight excluding hydrogens is 243 g/mol. The standard InChI is InChI=1S/C12H9FO5/c1-16-6-3-7-9(14)5-10(12(15)17-2)18-11(7)8(13)4-6/h3-5H,1-2H3. The Morgan fingerprint density at radius 1 is 1.28 bits per heavy atom. The molecule has 94 valence electrons. The van der Waals surface area contributed by atoms with Crippen LogP contribution in [0.3, 0.4) is 0 Å². The number of halogens is 1. The zero-order valence-electron chi connectivity index (χ0n) is 9.65. The van der Waals surface area contributed by atoms with E-state index in [0.717, 1.165) is 19.2 Å². The van der Waals surface area contributed by atoms with Crippen molar-refractivity contribution in [1.82, 2.24) is 0 Å². The number of carbonyl (C=O) groups excluding carboxylic acids is 1. The van der Waals surface area contributed by atoms with Crippen molar-refractivity contribution < 1.29 is 23.1 Å². The first-order valence-corrected chi connectivity index (χ1v) is 4.96. The number of fused-ring (bicyclic) bond motifs is 1. The lowest BCUT2D eigenvalue weighted by Crippen LogP contribution is -2.09. The zero-order valence-corrected chi connectivity index (χ0v) is 9.65. The smallest absolute Gasteiger partial charge is 0.374 e. The van der Waals surface area contributed by atoms with Crippen LogP contribution in [0.4, 0.5) is 4.39 Å². The molecule has 1 heterocycles. The molecule has 6 heteroatoms. The molecule has 2 aromatic rings. The van der Waals surface area contributed by atoms with E-state index in [0.29, 0.717) is 0 Å². The maximum Gasteiger partial charge on any atom is 0.374 e. The van der Waals surface area contributed by atoms with E-state index in [-0.39, 0.29) is 22.5 Å². The second-order valence-corrected chi connectivity index (χ2v) is 3.45. The van der Waals surface area contributed by atoms with Crippen LogP contribution in [0.15, 0.2) is 27.4 Å². The van der Waals surface area contributed by atoms with Gasteiger partial charge in [-0.3, -0.25) is 4.79 Å². The summed E-state index contributed by atoms with van der Waals surface area (Å²) in [6.45, 7) is 0. The monoisotopic (exact) mass is 252 g/mol. The summed E-state index contributed by atoms with van der Waals surface area (Å²) >= 11 is 0. The number of hydrogen-bond donors (Lipinski definition) is 0. The SMILES string of the molecule is COC(=O)c1cc(=O)c2cc(OC)cc(F)c2o1. The highest BCUT2D eigenvalue weighted by molar-refractivity contribution is 5.89. The fourth-order valence-corrected chi connectivity index (χ4v) is 1.51. The van der Waals surface area contributed by atoms with Gasteiger partial charge in [-0.15, -0.1) is 0 Å². The van der Waals surface area contributed by atoms with Crippen molar-refractivity contribution in [3.8, 4) is 5.75 Å². The van der Waals surface area contributed by atoms with Crippen LogP contribution in [0.25, 0.3) is 11.0 Å². The van der Waals surface area contributed by atoms with Crippen molar-refractivity contribution in [2.75, 3.05) is 14.2 Å². The van der Waals surface area contributed by atoms with E-state index in [1.54, 1.807) is 0 Å². The molecule has 0 atom stereocenters. The molecule has 1 aromatic carbocycles. The van der Waals surface area contributed by atoms with Gasteiger partial charge in [0.15, 0.2) is 16.8 Å². The highest BCUT2D eigenvalue weighted by atomic mass is 19.1. The van der Waals surface area contributed by atoms with Gasteiger partial charge < -0.3 is 13.9 Å². The molecular formula is C12H9FO5. The minimum absolute atomic E-state index is 0.000460. The Labute approximate surface area is 101 Å². The van der Waals surface area contributed by atoms with Gasteiger partial charge in [0, 0.05) is 12.1 Å². The van der Waals surface area contributed by atoms with Gasteiger partial charge in [-0.1, -0.05) is 0 Å². The van der Waals surface area contributed by atoms with Crippen molar-refractivity contribution in [3.05, 3.63) is 40.0 Å². The molecule has 0 radical (unpaired) electrons. The molecule has 5 nitrogen and oxygen atoms in total. The molecule has 0 amide bonds. The van der Waals surface area contributed by atoms with E-state index in [4.69, 9.17) is 9.15 Å². The van der Waals surface area contributed by atoms with Crippen molar-refractivity contribution in [1.29, 1.82) is 0 Å². The van der Waals surface area contributed by atoms with E-state index >= 15 is 0 Å². The maximum absolute atomic E-state index is 13.7. The molecule has 0 N–H and O–H groups in total. The Kier molecular flexibility index (Phi) is 3.01. The lowest BCUT2D eigenvalue weighted by molar-refractivity contribution is 0.0565. The molecule has 0 aliphatic carbocycles. The first kappa shape index (κ1) is 12.1. The molecule has 0 spiro atoms. The van der Waals surface area contributed by atoms with Gasteiger partial charge in [0.1, 0.15) is 5.75 Å². The predicted octanol–water partition coefficient (Wildman–Crippen LogP) is 1.73. The summed E-state index contributed by atoms with van der Waals surface area (Å²) in [4.78, 5) is 23.0. The first-order chi connectivity index (χ1) is 8.56. The minimum Gasteiger partial charge on any atom is -0.497 e. The average molecular weight is 252 g/mol.